The Bertz CT molecular complexity index is 728. The monoisotopic (exact) mass is 402 g/mol. The van der Waals surface area contributed by atoms with E-state index in [0.29, 0.717) is 13.2 Å². The van der Waals surface area contributed by atoms with Crippen LogP contribution in [-0.4, -0.2) is 47.3 Å². The second kappa shape index (κ2) is 9.39. The first-order valence-electron chi connectivity index (χ1n) is 9.69. The highest BCUT2D eigenvalue weighted by Gasteiger charge is 2.49. The molecule has 0 spiro atoms. The molecule has 1 N–H and O–H groups in total. The molecule has 4 rings (SSSR count). The van der Waals surface area contributed by atoms with Gasteiger partial charge in [0.05, 0.1) is 13.2 Å². The average Bonchev–Trinajstić information content (AvgIpc) is 2.75. The topological polar surface area (TPSA) is 57.2 Å². The number of rotatable bonds is 6. The zero-order chi connectivity index (χ0) is 19.3. The Hall–Kier alpha value is -1.41. The summed E-state index contributed by atoms with van der Waals surface area (Å²) in [6.45, 7) is 2.87. The maximum absolute atomic E-state index is 11.1. The van der Waals surface area contributed by atoms with Crippen molar-refractivity contribution in [3.63, 3.8) is 0 Å². The molecule has 2 aromatic carbocycles. The molecule has 2 fully saturated rings. The Morgan fingerprint density at radius 3 is 2.46 bits per heavy atom. The summed E-state index contributed by atoms with van der Waals surface area (Å²) in [6, 6.07) is 19.7. The molecule has 6 heteroatoms. The predicted molar refractivity (Wildman–Crippen MR) is 108 cm³/mol. The van der Waals surface area contributed by atoms with Crippen molar-refractivity contribution in [3.8, 4) is 0 Å². The van der Waals surface area contributed by atoms with Gasteiger partial charge in [0, 0.05) is 5.56 Å². The van der Waals surface area contributed by atoms with Crippen LogP contribution in [0, 0.1) is 0 Å². The lowest BCUT2D eigenvalue weighted by Gasteiger charge is -2.47. The molecule has 2 aliphatic rings. The Balaban J connectivity index is 1.47. The van der Waals surface area contributed by atoms with E-state index in [9.17, 15) is 5.11 Å². The standard InChI is InChI=1S/C22H26O5S/c1-2-28-22-20(24-13-15-9-5-3-6-10-15)18(23)19-17(26-22)14-25-21(27-19)16-11-7-4-8-12-16/h3-12,17-23H,2,13-14H2,1H3. The molecule has 5 nitrogen and oxygen atoms in total. The lowest BCUT2D eigenvalue weighted by Crippen LogP contribution is -2.61. The van der Waals surface area contributed by atoms with Gasteiger partial charge in [0.2, 0.25) is 0 Å². The predicted octanol–water partition coefficient (Wildman–Crippen LogP) is 3.52. The van der Waals surface area contributed by atoms with Crippen LogP contribution < -0.4 is 0 Å². The van der Waals surface area contributed by atoms with Gasteiger partial charge in [-0.3, -0.25) is 0 Å². The summed E-state index contributed by atoms with van der Waals surface area (Å²) in [5, 5.41) is 11.1. The van der Waals surface area contributed by atoms with Crippen molar-refractivity contribution in [2.24, 2.45) is 0 Å². The largest absolute Gasteiger partial charge is 0.387 e. The van der Waals surface area contributed by atoms with E-state index in [-0.39, 0.29) is 11.5 Å². The van der Waals surface area contributed by atoms with Crippen LogP contribution in [0.25, 0.3) is 0 Å². The molecule has 0 radical (unpaired) electrons. The third kappa shape index (κ3) is 4.43. The highest BCUT2D eigenvalue weighted by molar-refractivity contribution is 7.99. The molecule has 2 heterocycles. The van der Waals surface area contributed by atoms with Crippen molar-refractivity contribution in [2.45, 2.75) is 49.7 Å². The van der Waals surface area contributed by atoms with E-state index < -0.39 is 24.6 Å². The van der Waals surface area contributed by atoms with Crippen LogP contribution in [0.4, 0.5) is 0 Å². The summed E-state index contributed by atoms with van der Waals surface area (Å²) in [7, 11) is 0. The summed E-state index contributed by atoms with van der Waals surface area (Å²) in [6.07, 6.45) is -2.57. The number of aliphatic hydroxyl groups excluding tert-OH is 1. The Morgan fingerprint density at radius 1 is 1.04 bits per heavy atom. The summed E-state index contributed by atoms with van der Waals surface area (Å²) < 4.78 is 24.3. The fraction of sp³-hybridized carbons (Fsp3) is 0.455. The Kier molecular flexibility index (Phi) is 6.67. The Labute approximate surface area is 169 Å². The van der Waals surface area contributed by atoms with Crippen LogP contribution in [-0.2, 0) is 25.6 Å². The maximum Gasteiger partial charge on any atom is 0.184 e. The molecule has 6 atom stereocenters. The van der Waals surface area contributed by atoms with Crippen LogP contribution in [0.5, 0.6) is 0 Å². The number of fused-ring (bicyclic) bond motifs is 1. The van der Waals surface area contributed by atoms with Gasteiger partial charge in [-0.15, -0.1) is 11.8 Å². The number of hydrogen-bond acceptors (Lipinski definition) is 6. The molecule has 28 heavy (non-hydrogen) atoms. The van der Waals surface area contributed by atoms with Crippen molar-refractivity contribution in [1.29, 1.82) is 0 Å². The summed E-state index contributed by atoms with van der Waals surface area (Å²) in [4.78, 5) is 0. The normalized spacial score (nSPS) is 32.6. The third-order valence-corrected chi connectivity index (χ3v) is 6.04. The highest BCUT2D eigenvalue weighted by atomic mass is 32.2. The van der Waals surface area contributed by atoms with Crippen molar-refractivity contribution < 1.29 is 24.1 Å². The molecular formula is C22H26O5S. The van der Waals surface area contributed by atoms with Gasteiger partial charge in [-0.25, -0.2) is 0 Å². The van der Waals surface area contributed by atoms with E-state index >= 15 is 0 Å². The lowest BCUT2D eigenvalue weighted by molar-refractivity contribution is -0.322. The van der Waals surface area contributed by atoms with Gasteiger partial charge in [-0.05, 0) is 11.3 Å². The molecule has 0 aromatic heterocycles. The van der Waals surface area contributed by atoms with E-state index in [1.807, 2.05) is 60.7 Å². The molecule has 0 saturated carbocycles. The minimum Gasteiger partial charge on any atom is -0.387 e. The number of thioether (sulfide) groups is 1. The molecule has 2 aromatic rings. The highest BCUT2D eigenvalue weighted by Crippen LogP contribution is 2.38. The molecule has 2 saturated heterocycles. The first kappa shape index (κ1) is 19.9. The summed E-state index contributed by atoms with van der Waals surface area (Å²) >= 11 is 1.63. The molecule has 150 valence electrons. The van der Waals surface area contributed by atoms with Gasteiger partial charge in [0.1, 0.15) is 29.9 Å². The van der Waals surface area contributed by atoms with Crippen LogP contribution in [0.15, 0.2) is 60.7 Å². The van der Waals surface area contributed by atoms with Crippen molar-refractivity contribution in [3.05, 3.63) is 71.8 Å². The Morgan fingerprint density at radius 2 is 1.75 bits per heavy atom. The van der Waals surface area contributed by atoms with Crippen molar-refractivity contribution >= 4 is 11.8 Å². The van der Waals surface area contributed by atoms with Gasteiger partial charge >= 0.3 is 0 Å². The second-order valence-corrected chi connectivity index (χ2v) is 8.30. The summed E-state index contributed by atoms with van der Waals surface area (Å²) in [5.74, 6) is 0.869. The number of benzene rings is 2. The fourth-order valence-electron chi connectivity index (χ4n) is 3.59. The second-order valence-electron chi connectivity index (χ2n) is 6.93. The van der Waals surface area contributed by atoms with Crippen LogP contribution in [0.3, 0.4) is 0 Å². The molecule has 6 unspecified atom stereocenters. The lowest BCUT2D eigenvalue weighted by atomic mass is 9.98. The molecular weight excluding hydrogens is 376 g/mol. The van der Waals surface area contributed by atoms with Crippen molar-refractivity contribution in [1.82, 2.24) is 0 Å². The smallest absolute Gasteiger partial charge is 0.184 e. The SMILES string of the molecule is CCSC1OC2COC(c3ccccc3)OC2C(O)C1OCc1ccccc1. The zero-order valence-corrected chi connectivity index (χ0v) is 16.7. The van der Waals surface area contributed by atoms with Crippen LogP contribution in [0.2, 0.25) is 0 Å². The zero-order valence-electron chi connectivity index (χ0n) is 15.8. The van der Waals surface area contributed by atoms with Gasteiger partial charge in [-0.2, -0.15) is 0 Å². The van der Waals surface area contributed by atoms with Gasteiger partial charge in [-0.1, -0.05) is 67.6 Å². The quantitative estimate of drug-likeness (QED) is 0.798. The van der Waals surface area contributed by atoms with E-state index in [4.69, 9.17) is 18.9 Å². The first-order valence-corrected chi connectivity index (χ1v) is 10.7. The van der Waals surface area contributed by atoms with E-state index in [0.717, 1.165) is 16.9 Å². The van der Waals surface area contributed by atoms with Gasteiger partial charge in [0.15, 0.2) is 6.29 Å². The summed E-state index contributed by atoms with van der Waals surface area (Å²) in [5.41, 5.74) is 1.73. The number of hydrogen-bond donors (Lipinski definition) is 1. The average molecular weight is 403 g/mol. The number of ether oxygens (including phenoxy) is 4. The third-order valence-electron chi connectivity index (χ3n) is 5.00. The van der Waals surface area contributed by atoms with Gasteiger partial charge < -0.3 is 24.1 Å². The van der Waals surface area contributed by atoms with Crippen LogP contribution in [0.1, 0.15) is 24.3 Å². The first-order chi connectivity index (χ1) is 13.8. The van der Waals surface area contributed by atoms with E-state index in [2.05, 4.69) is 6.92 Å². The van der Waals surface area contributed by atoms with Crippen molar-refractivity contribution in [2.75, 3.05) is 12.4 Å². The number of aliphatic hydroxyl groups is 1. The molecule has 0 aliphatic carbocycles. The van der Waals surface area contributed by atoms with E-state index in [1.54, 1.807) is 11.8 Å². The van der Waals surface area contributed by atoms with Crippen LogP contribution >= 0.6 is 11.8 Å². The van der Waals surface area contributed by atoms with Gasteiger partial charge in [0.25, 0.3) is 0 Å². The fourth-order valence-corrected chi connectivity index (χ4v) is 4.57. The minimum absolute atomic E-state index is 0.259. The molecule has 0 bridgehead atoms. The van der Waals surface area contributed by atoms with E-state index in [1.165, 1.54) is 0 Å². The molecule has 2 aliphatic heterocycles. The minimum atomic E-state index is -0.790. The molecule has 0 amide bonds. The maximum atomic E-state index is 11.1.